The molecule has 84 valence electrons. The standard InChI is InChI=1S/C12H16N4/c1-2-12(5-6-12)9-13-10-4-8-16-11(15-10)3-7-14-16/h3-4,7-8H,2,5-6,9H2,1H3,(H,13,15). The maximum Gasteiger partial charge on any atom is 0.157 e. The molecular weight excluding hydrogens is 200 g/mol. The smallest absolute Gasteiger partial charge is 0.157 e. The van der Waals surface area contributed by atoms with Crippen molar-refractivity contribution >= 4 is 11.5 Å². The Morgan fingerprint density at radius 1 is 1.44 bits per heavy atom. The Labute approximate surface area is 94.7 Å². The molecule has 0 aliphatic heterocycles. The van der Waals surface area contributed by atoms with Gasteiger partial charge in [0.2, 0.25) is 0 Å². The van der Waals surface area contributed by atoms with Crippen LogP contribution >= 0.6 is 0 Å². The van der Waals surface area contributed by atoms with Crippen molar-refractivity contribution in [3.63, 3.8) is 0 Å². The first kappa shape index (κ1) is 9.63. The van der Waals surface area contributed by atoms with Crippen molar-refractivity contribution in [2.75, 3.05) is 11.9 Å². The van der Waals surface area contributed by atoms with E-state index in [1.165, 1.54) is 19.3 Å². The van der Waals surface area contributed by atoms with Gasteiger partial charge < -0.3 is 5.32 Å². The van der Waals surface area contributed by atoms with E-state index in [0.717, 1.165) is 18.0 Å². The molecule has 0 radical (unpaired) electrons. The average molecular weight is 216 g/mol. The highest BCUT2D eigenvalue weighted by Gasteiger charge is 2.40. The molecule has 0 spiro atoms. The van der Waals surface area contributed by atoms with Crippen molar-refractivity contribution in [2.24, 2.45) is 5.41 Å². The highest BCUT2D eigenvalue weighted by molar-refractivity contribution is 5.45. The zero-order valence-corrected chi connectivity index (χ0v) is 9.48. The van der Waals surface area contributed by atoms with Crippen LogP contribution in [0.5, 0.6) is 0 Å². The summed E-state index contributed by atoms with van der Waals surface area (Å²) in [6, 6.07) is 3.89. The van der Waals surface area contributed by atoms with E-state index in [4.69, 9.17) is 0 Å². The molecule has 0 unspecified atom stereocenters. The summed E-state index contributed by atoms with van der Waals surface area (Å²) in [5, 5.41) is 7.55. The van der Waals surface area contributed by atoms with E-state index in [0.29, 0.717) is 5.41 Å². The van der Waals surface area contributed by atoms with Crippen molar-refractivity contribution in [3.05, 3.63) is 24.5 Å². The van der Waals surface area contributed by atoms with Gasteiger partial charge in [-0.25, -0.2) is 9.50 Å². The van der Waals surface area contributed by atoms with E-state index < -0.39 is 0 Å². The minimum Gasteiger partial charge on any atom is -0.369 e. The fourth-order valence-electron chi connectivity index (χ4n) is 2.02. The van der Waals surface area contributed by atoms with Crippen LogP contribution in [0.3, 0.4) is 0 Å². The second kappa shape index (κ2) is 3.47. The Morgan fingerprint density at radius 3 is 3.06 bits per heavy atom. The Balaban J connectivity index is 1.74. The zero-order valence-electron chi connectivity index (χ0n) is 9.48. The largest absolute Gasteiger partial charge is 0.369 e. The fourth-order valence-corrected chi connectivity index (χ4v) is 2.02. The van der Waals surface area contributed by atoms with Crippen LogP contribution in [0.25, 0.3) is 5.65 Å². The van der Waals surface area contributed by atoms with Gasteiger partial charge in [0, 0.05) is 18.8 Å². The Kier molecular flexibility index (Phi) is 2.09. The van der Waals surface area contributed by atoms with Gasteiger partial charge in [0.1, 0.15) is 5.82 Å². The molecule has 4 nitrogen and oxygen atoms in total. The summed E-state index contributed by atoms with van der Waals surface area (Å²) in [4.78, 5) is 4.49. The molecule has 0 atom stereocenters. The third-order valence-electron chi connectivity index (χ3n) is 3.61. The van der Waals surface area contributed by atoms with Gasteiger partial charge in [-0.2, -0.15) is 5.10 Å². The topological polar surface area (TPSA) is 42.2 Å². The van der Waals surface area contributed by atoms with E-state index in [-0.39, 0.29) is 0 Å². The van der Waals surface area contributed by atoms with Gasteiger partial charge >= 0.3 is 0 Å². The number of nitrogens with zero attached hydrogens (tertiary/aromatic N) is 3. The molecule has 3 rings (SSSR count). The number of hydrogen-bond donors (Lipinski definition) is 1. The molecule has 1 saturated carbocycles. The molecule has 0 bridgehead atoms. The maximum atomic E-state index is 4.49. The lowest BCUT2D eigenvalue weighted by Crippen LogP contribution is -2.15. The molecule has 2 heterocycles. The molecule has 1 fully saturated rings. The molecule has 4 heteroatoms. The van der Waals surface area contributed by atoms with Crippen LogP contribution < -0.4 is 5.32 Å². The molecule has 2 aromatic heterocycles. The molecule has 2 aromatic rings. The zero-order chi connectivity index (χ0) is 11.0. The van der Waals surface area contributed by atoms with Crippen molar-refractivity contribution in [2.45, 2.75) is 26.2 Å². The summed E-state index contributed by atoms with van der Waals surface area (Å²) in [5.74, 6) is 0.952. The van der Waals surface area contributed by atoms with Gasteiger partial charge in [-0.15, -0.1) is 0 Å². The Bertz CT molecular complexity index is 498. The number of rotatable bonds is 4. The van der Waals surface area contributed by atoms with Crippen molar-refractivity contribution in [3.8, 4) is 0 Å². The van der Waals surface area contributed by atoms with E-state index in [1.54, 1.807) is 10.7 Å². The highest BCUT2D eigenvalue weighted by Crippen LogP contribution is 2.48. The highest BCUT2D eigenvalue weighted by atomic mass is 15.2. The van der Waals surface area contributed by atoms with Crippen LogP contribution in [-0.4, -0.2) is 21.1 Å². The van der Waals surface area contributed by atoms with Crippen molar-refractivity contribution in [1.29, 1.82) is 0 Å². The minimum atomic E-state index is 0.550. The number of nitrogens with one attached hydrogen (secondary N) is 1. The SMILES string of the molecule is CCC1(CNc2ccn3nccc3n2)CC1. The van der Waals surface area contributed by atoms with E-state index in [1.807, 2.05) is 18.3 Å². The quantitative estimate of drug-likeness (QED) is 0.853. The van der Waals surface area contributed by atoms with Crippen LogP contribution in [0.15, 0.2) is 24.5 Å². The van der Waals surface area contributed by atoms with Crippen molar-refractivity contribution in [1.82, 2.24) is 14.6 Å². The molecule has 0 aromatic carbocycles. The molecular formula is C12H16N4. The van der Waals surface area contributed by atoms with Gasteiger partial charge in [-0.3, -0.25) is 0 Å². The summed E-state index contributed by atoms with van der Waals surface area (Å²) in [5.41, 5.74) is 1.44. The van der Waals surface area contributed by atoms with Gasteiger partial charge in [0.25, 0.3) is 0 Å². The summed E-state index contributed by atoms with van der Waals surface area (Å²) in [7, 11) is 0. The van der Waals surface area contributed by atoms with Gasteiger partial charge in [0.15, 0.2) is 5.65 Å². The van der Waals surface area contributed by atoms with Gasteiger partial charge in [0.05, 0.1) is 6.20 Å². The summed E-state index contributed by atoms with van der Waals surface area (Å²) in [6.07, 6.45) is 7.67. The lowest BCUT2D eigenvalue weighted by atomic mass is 10.0. The molecule has 1 aliphatic carbocycles. The molecule has 0 saturated heterocycles. The van der Waals surface area contributed by atoms with E-state index in [9.17, 15) is 0 Å². The van der Waals surface area contributed by atoms with E-state index in [2.05, 4.69) is 22.3 Å². The van der Waals surface area contributed by atoms with Crippen LogP contribution in [-0.2, 0) is 0 Å². The third-order valence-corrected chi connectivity index (χ3v) is 3.61. The number of aromatic nitrogens is 3. The summed E-state index contributed by atoms with van der Waals surface area (Å²) >= 11 is 0. The predicted molar refractivity (Wildman–Crippen MR) is 63.4 cm³/mol. The van der Waals surface area contributed by atoms with Crippen LogP contribution in [0.2, 0.25) is 0 Å². The van der Waals surface area contributed by atoms with Gasteiger partial charge in [-0.1, -0.05) is 6.92 Å². The predicted octanol–water partition coefficient (Wildman–Crippen LogP) is 2.33. The first-order valence-corrected chi connectivity index (χ1v) is 5.86. The maximum absolute atomic E-state index is 4.49. The summed E-state index contributed by atoms with van der Waals surface area (Å²) in [6.45, 7) is 3.31. The van der Waals surface area contributed by atoms with Crippen LogP contribution in [0.4, 0.5) is 5.82 Å². The van der Waals surface area contributed by atoms with Crippen molar-refractivity contribution < 1.29 is 0 Å². The molecule has 1 aliphatic rings. The second-order valence-electron chi connectivity index (χ2n) is 4.65. The Hall–Kier alpha value is -1.58. The third kappa shape index (κ3) is 1.64. The Morgan fingerprint density at radius 2 is 2.31 bits per heavy atom. The fraction of sp³-hybridized carbons (Fsp3) is 0.500. The average Bonchev–Trinajstić information content (AvgIpc) is 2.96. The lowest BCUT2D eigenvalue weighted by molar-refractivity contribution is 0.521. The number of anilines is 1. The van der Waals surface area contributed by atoms with Crippen LogP contribution in [0.1, 0.15) is 26.2 Å². The monoisotopic (exact) mass is 216 g/mol. The number of fused-ring (bicyclic) bond motifs is 1. The molecule has 1 N–H and O–H groups in total. The van der Waals surface area contributed by atoms with E-state index >= 15 is 0 Å². The lowest BCUT2D eigenvalue weighted by Gasteiger charge is -2.13. The summed E-state index contributed by atoms with van der Waals surface area (Å²) < 4.78 is 1.78. The normalized spacial score (nSPS) is 17.6. The molecule has 16 heavy (non-hydrogen) atoms. The second-order valence-corrected chi connectivity index (χ2v) is 4.65. The van der Waals surface area contributed by atoms with Gasteiger partial charge in [-0.05, 0) is 30.7 Å². The number of hydrogen-bond acceptors (Lipinski definition) is 3. The first-order valence-electron chi connectivity index (χ1n) is 5.86. The molecule has 0 amide bonds. The minimum absolute atomic E-state index is 0.550. The van der Waals surface area contributed by atoms with Crippen LogP contribution in [0, 0.1) is 5.41 Å². The first-order chi connectivity index (χ1) is 7.81.